The molecule has 0 spiro atoms. The molecule has 2 atom stereocenters. The van der Waals surface area contributed by atoms with E-state index in [1.165, 1.54) is 17.3 Å². The van der Waals surface area contributed by atoms with Crippen molar-refractivity contribution in [2.45, 2.75) is 45.2 Å². The van der Waals surface area contributed by atoms with Gasteiger partial charge >= 0.3 is 5.97 Å². The molecule has 1 fully saturated rings. The van der Waals surface area contributed by atoms with Gasteiger partial charge in [-0.1, -0.05) is 31.9 Å². The molecule has 2 aromatic rings. The van der Waals surface area contributed by atoms with Gasteiger partial charge in [-0.25, -0.2) is 4.98 Å². The first-order chi connectivity index (χ1) is 12.5. The molecule has 1 heterocycles. The normalized spacial score (nSPS) is 19.9. The van der Waals surface area contributed by atoms with Gasteiger partial charge in [0.05, 0.1) is 17.2 Å². The molecule has 1 amide bonds. The molecule has 7 nitrogen and oxygen atoms in total. The Morgan fingerprint density at radius 1 is 1.27 bits per heavy atom. The lowest BCUT2D eigenvalue weighted by molar-refractivity contribution is -0.149. The van der Waals surface area contributed by atoms with Crippen LogP contribution in [0, 0.1) is 5.92 Å². The summed E-state index contributed by atoms with van der Waals surface area (Å²) in [5.74, 6) is -0.511. The average Bonchev–Trinajstić information content (AvgIpc) is 2.64. The van der Waals surface area contributed by atoms with Crippen LogP contribution in [0.25, 0.3) is 10.9 Å². The van der Waals surface area contributed by atoms with E-state index in [1.807, 2.05) is 0 Å². The Bertz CT molecular complexity index is 861. The van der Waals surface area contributed by atoms with E-state index in [1.54, 1.807) is 24.3 Å². The zero-order chi connectivity index (χ0) is 18.5. The monoisotopic (exact) mass is 357 g/mol. The number of fused-ring (bicyclic) bond motifs is 1. The van der Waals surface area contributed by atoms with Crippen LogP contribution in [0.4, 0.5) is 0 Å². The third-order valence-electron chi connectivity index (χ3n) is 4.85. The van der Waals surface area contributed by atoms with Crippen molar-refractivity contribution in [1.29, 1.82) is 0 Å². The Morgan fingerprint density at radius 2 is 2.04 bits per heavy atom. The second kappa shape index (κ2) is 8.12. The van der Waals surface area contributed by atoms with Gasteiger partial charge in [-0.2, -0.15) is 0 Å². The summed E-state index contributed by atoms with van der Waals surface area (Å²) in [7, 11) is 0. The largest absolute Gasteiger partial charge is 0.454 e. The fourth-order valence-corrected chi connectivity index (χ4v) is 3.33. The highest BCUT2D eigenvalue weighted by molar-refractivity contribution is 5.81. The van der Waals surface area contributed by atoms with Gasteiger partial charge in [0.25, 0.3) is 11.5 Å². The van der Waals surface area contributed by atoms with Crippen molar-refractivity contribution in [1.82, 2.24) is 14.9 Å². The average molecular weight is 357 g/mol. The van der Waals surface area contributed by atoms with Crippen molar-refractivity contribution in [3.05, 3.63) is 40.9 Å². The summed E-state index contributed by atoms with van der Waals surface area (Å²) in [6.07, 6.45) is 5.67. The molecule has 0 bridgehead atoms. The highest BCUT2D eigenvalue weighted by Crippen LogP contribution is 2.23. The molecule has 0 radical (unpaired) electrons. The van der Waals surface area contributed by atoms with Crippen LogP contribution >= 0.6 is 0 Å². The lowest BCUT2D eigenvalue weighted by Gasteiger charge is -2.29. The van der Waals surface area contributed by atoms with Crippen LogP contribution in [0.5, 0.6) is 0 Å². The quantitative estimate of drug-likeness (QED) is 0.822. The fraction of sp³-hybridized carbons (Fsp3) is 0.474. The summed E-state index contributed by atoms with van der Waals surface area (Å²) in [6.45, 7) is 1.51. The van der Waals surface area contributed by atoms with Crippen molar-refractivity contribution >= 4 is 22.8 Å². The summed E-state index contributed by atoms with van der Waals surface area (Å²) in [5.41, 5.74) is 0.260. The van der Waals surface area contributed by atoms with E-state index in [2.05, 4.69) is 17.2 Å². The third-order valence-corrected chi connectivity index (χ3v) is 4.85. The maximum absolute atomic E-state index is 12.3. The minimum Gasteiger partial charge on any atom is -0.454 e. The van der Waals surface area contributed by atoms with E-state index in [-0.39, 0.29) is 30.7 Å². The summed E-state index contributed by atoms with van der Waals surface area (Å²) in [4.78, 5) is 40.4. The number of esters is 1. The highest BCUT2D eigenvalue weighted by atomic mass is 16.5. The number of rotatable bonds is 5. The summed E-state index contributed by atoms with van der Waals surface area (Å²) >= 11 is 0. The third kappa shape index (κ3) is 4.28. The standard InChI is InChI=1S/C19H23N3O4/c1-13-6-2-4-8-15(13)21-17(23)11-26-18(24)10-22-12-20-16-9-5-3-7-14(16)19(22)25/h3,5,7,9,12-13,15H,2,4,6,8,10-11H2,1H3,(H,21,23)/t13-,15+/m1/s1. The SMILES string of the molecule is C[C@@H]1CCCC[C@@H]1NC(=O)COC(=O)Cn1cnc2ccccc2c1=O. The Hall–Kier alpha value is -2.70. The minimum absolute atomic E-state index is 0.141. The topological polar surface area (TPSA) is 90.3 Å². The van der Waals surface area contributed by atoms with Gasteiger partial charge in [0, 0.05) is 6.04 Å². The summed E-state index contributed by atoms with van der Waals surface area (Å²) in [6, 6.07) is 7.06. The van der Waals surface area contributed by atoms with E-state index in [9.17, 15) is 14.4 Å². The second-order valence-corrected chi connectivity index (χ2v) is 6.79. The number of ether oxygens (including phenoxy) is 1. The van der Waals surface area contributed by atoms with E-state index >= 15 is 0 Å². The van der Waals surface area contributed by atoms with Gasteiger partial charge in [0.15, 0.2) is 6.61 Å². The maximum atomic E-state index is 12.3. The minimum atomic E-state index is -0.643. The van der Waals surface area contributed by atoms with Crippen molar-refractivity contribution in [2.75, 3.05) is 6.61 Å². The lowest BCUT2D eigenvalue weighted by Crippen LogP contribution is -2.43. The number of hydrogen-bond donors (Lipinski definition) is 1. The number of amides is 1. The van der Waals surface area contributed by atoms with E-state index in [0.29, 0.717) is 16.8 Å². The van der Waals surface area contributed by atoms with Gasteiger partial charge in [-0.3, -0.25) is 19.0 Å². The Balaban J connectivity index is 1.53. The maximum Gasteiger partial charge on any atom is 0.326 e. The molecule has 1 aliphatic carbocycles. The van der Waals surface area contributed by atoms with Crippen LogP contribution in [0.2, 0.25) is 0 Å². The van der Waals surface area contributed by atoms with E-state index in [4.69, 9.17) is 4.74 Å². The number of carbonyl (C=O) groups is 2. The zero-order valence-electron chi connectivity index (χ0n) is 14.8. The highest BCUT2D eigenvalue weighted by Gasteiger charge is 2.23. The molecule has 0 unspecified atom stereocenters. The molecule has 26 heavy (non-hydrogen) atoms. The summed E-state index contributed by atoms with van der Waals surface area (Å²) < 4.78 is 6.20. The predicted octanol–water partition coefficient (Wildman–Crippen LogP) is 1.63. The first kappa shape index (κ1) is 18.1. The summed E-state index contributed by atoms with van der Waals surface area (Å²) in [5, 5.41) is 3.36. The molecule has 138 valence electrons. The number of benzene rings is 1. The van der Waals surface area contributed by atoms with Crippen LogP contribution in [0.15, 0.2) is 35.4 Å². The van der Waals surface area contributed by atoms with Crippen molar-refractivity contribution < 1.29 is 14.3 Å². The molecule has 0 saturated heterocycles. The van der Waals surface area contributed by atoms with Crippen LogP contribution < -0.4 is 10.9 Å². The van der Waals surface area contributed by atoms with Gasteiger partial charge in [0.1, 0.15) is 6.54 Å². The Morgan fingerprint density at radius 3 is 2.85 bits per heavy atom. The zero-order valence-corrected chi connectivity index (χ0v) is 14.8. The van der Waals surface area contributed by atoms with Gasteiger partial charge in [-0.05, 0) is 30.9 Å². The smallest absolute Gasteiger partial charge is 0.326 e. The lowest BCUT2D eigenvalue weighted by atomic mass is 9.86. The van der Waals surface area contributed by atoms with Crippen LogP contribution in [-0.2, 0) is 20.9 Å². The first-order valence-electron chi connectivity index (χ1n) is 8.94. The van der Waals surface area contributed by atoms with Gasteiger partial charge in [-0.15, -0.1) is 0 Å². The molecule has 3 rings (SSSR count). The van der Waals surface area contributed by atoms with E-state index in [0.717, 1.165) is 19.3 Å². The molecule has 7 heteroatoms. The van der Waals surface area contributed by atoms with Crippen molar-refractivity contribution in [2.24, 2.45) is 5.92 Å². The predicted molar refractivity (Wildman–Crippen MR) is 96.5 cm³/mol. The number of aromatic nitrogens is 2. The first-order valence-corrected chi connectivity index (χ1v) is 8.94. The number of nitrogens with one attached hydrogen (secondary N) is 1. The molecule has 0 aliphatic heterocycles. The Labute approximate surface area is 151 Å². The van der Waals surface area contributed by atoms with Crippen molar-refractivity contribution in [3.8, 4) is 0 Å². The molecule has 1 aromatic heterocycles. The van der Waals surface area contributed by atoms with Crippen LogP contribution in [0.1, 0.15) is 32.6 Å². The number of hydrogen-bond acceptors (Lipinski definition) is 5. The Kier molecular flexibility index (Phi) is 5.65. The van der Waals surface area contributed by atoms with E-state index < -0.39 is 5.97 Å². The van der Waals surface area contributed by atoms with Gasteiger partial charge < -0.3 is 10.1 Å². The molecular formula is C19H23N3O4. The molecule has 1 N–H and O–H groups in total. The van der Waals surface area contributed by atoms with Crippen LogP contribution in [0.3, 0.4) is 0 Å². The molecule has 1 aromatic carbocycles. The van der Waals surface area contributed by atoms with Gasteiger partial charge in [0.2, 0.25) is 0 Å². The number of carbonyl (C=O) groups excluding carboxylic acids is 2. The molecular weight excluding hydrogens is 334 g/mol. The fourth-order valence-electron chi connectivity index (χ4n) is 3.33. The van der Waals surface area contributed by atoms with Crippen LogP contribution in [-0.4, -0.2) is 34.1 Å². The second-order valence-electron chi connectivity index (χ2n) is 6.79. The molecule has 1 aliphatic rings. The number of nitrogens with zero attached hydrogens (tertiary/aromatic N) is 2. The number of para-hydroxylation sites is 1. The van der Waals surface area contributed by atoms with Crippen molar-refractivity contribution in [3.63, 3.8) is 0 Å². The molecule has 1 saturated carbocycles.